The standard InChI is InChI=1S/C13H21N3O4S/c1-19-13-10-11(2-3-12(13)14)21(17,18)15-4-5-16-6-8-20-9-7-16/h2-3,10,15H,4-9,14H2,1H3. The lowest BCUT2D eigenvalue weighted by molar-refractivity contribution is 0.0390. The minimum atomic E-state index is -3.55. The van der Waals surface area contributed by atoms with Gasteiger partial charge in [0, 0.05) is 32.2 Å². The predicted octanol–water partition coefficient (Wildman–Crippen LogP) is -0.112. The van der Waals surface area contributed by atoms with E-state index in [9.17, 15) is 8.42 Å². The second-order valence-electron chi connectivity index (χ2n) is 4.76. The molecule has 0 saturated carbocycles. The molecule has 2 rings (SSSR count). The lowest BCUT2D eigenvalue weighted by atomic mass is 10.3. The van der Waals surface area contributed by atoms with Crippen LogP contribution in [-0.4, -0.2) is 59.8 Å². The van der Waals surface area contributed by atoms with E-state index in [1.165, 1.54) is 25.3 Å². The fraction of sp³-hybridized carbons (Fsp3) is 0.538. The molecular weight excluding hydrogens is 294 g/mol. The Morgan fingerprint density at radius 2 is 2.10 bits per heavy atom. The molecule has 3 N–H and O–H groups in total. The molecule has 1 saturated heterocycles. The summed E-state index contributed by atoms with van der Waals surface area (Å²) in [6, 6.07) is 4.41. The Bertz CT molecular complexity index is 571. The van der Waals surface area contributed by atoms with Crippen molar-refractivity contribution in [1.82, 2.24) is 9.62 Å². The van der Waals surface area contributed by atoms with E-state index in [0.717, 1.165) is 13.1 Å². The number of nitrogens with zero attached hydrogens (tertiary/aromatic N) is 1. The van der Waals surface area contributed by atoms with Gasteiger partial charge < -0.3 is 15.2 Å². The van der Waals surface area contributed by atoms with Gasteiger partial charge in [-0.1, -0.05) is 0 Å². The normalized spacial score (nSPS) is 16.8. The van der Waals surface area contributed by atoms with Crippen LogP contribution in [0.25, 0.3) is 0 Å². The maximum Gasteiger partial charge on any atom is 0.240 e. The van der Waals surface area contributed by atoms with E-state index in [2.05, 4.69) is 9.62 Å². The van der Waals surface area contributed by atoms with Crippen LogP contribution in [0.4, 0.5) is 5.69 Å². The molecule has 1 aromatic rings. The zero-order valence-corrected chi connectivity index (χ0v) is 12.9. The molecule has 21 heavy (non-hydrogen) atoms. The van der Waals surface area contributed by atoms with Gasteiger partial charge in [0.25, 0.3) is 0 Å². The van der Waals surface area contributed by atoms with Crippen molar-refractivity contribution in [2.45, 2.75) is 4.90 Å². The van der Waals surface area contributed by atoms with E-state index in [4.69, 9.17) is 15.2 Å². The van der Waals surface area contributed by atoms with E-state index in [-0.39, 0.29) is 4.90 Å². The number of hydrogen-bond acceptors (Lipinski definition) is 6. The van der Waals surface area contributed by atoms with Gasteiger partial charge in [-0.15, -0.1) is 0 Å². The summed E-state index contributed by atoms with van der Waals surface area (Å²) in [7, 11) is -2.10. The highest BCUT2D eigenvalue weighted by atomic mass is 32.2. The molecule has 1 heterocycles. The minimum Gasteiger partial charge on any atom is -0.495 e. The van der Waals surface area contributed by atoms with Crippen LogP contribution in [-0.2, 0) is 14.8 Å². The number of rotatable bonds is 6. The maximum absolute atomic E-state index is 12.2. The average Bonchev–Trinajstić information content (AvgIpc) is 2.48. The monoisotopic (exact) mass is 315 g/mol. The van der Waals surface area contributed by atoms with Crippen molar-refractivity contribution in [3.63, 3.8) is 0 Å². The van der Waals surface area contributed by atoms with Crippen molar-refractivity contribution in [3.8, 4) is 5.75 Å². The summed E-state index contributed by atoms with van der Waals surface area (Å²) in [4.78, 5) is 2.31. The first kappa shape index (κ1) is 16.0. The zero-order chi connectivity index (χ0) is 15.3. The number of morpholine rings is 1. The summed E-state index contributed by atoms with van der Waals surface area (Å²) in [5.41, 5.74) is 6.09. The highest BCUT2D eigenvalue weighted by molar-refractivity contribution is 7.89. The van der Waals surface area contributed by atoms with Gasteiger partial charge in [-0.05, 0) is 12.1 Å². The van der Waals surface area contributed by atoms with Crippen molar-refractivity contribution >= 4 is 15.7 Å². The smallest absolute Gasteiger partial charge is 0.240 e. The van der Waals surface area contributed by atoms with Crippen molar-refractivity contribution in [1.29, 1.82) is 0 Å². The van der Waals surface area contributed by atoms with E-state index in [1.54, 1.807) is 0 Å². The van der Waals surface area contributed by atoms with E-state index in [1.807, 2.05) is 0 Å². The number of anilines is 1. The molecule has 0 atom stereocenters. The highest BCUT2D eigenvalue weighted by Crippen LogP contribution is 2.24. The fourth-order valence-electron chi connectivity index (χ4n) is 2.10. The molecule has 1 fully saturated rings. The molecular formula is C13H21N3O4S. The molecule has 8 heteroatoms. The van der Waals surface area contributed by atoms with Gasteiger partial charge in [-0.2, -0.15) is 0 Å². The molecule has 0 spiro atoms. The lowest BCUT2D eigenvalue weighted by Crippen LogP contribution is -2.41. The second-order valence-corrected chi connectivity index (χ2v) is 6.52. The molecule has 0 aromatic heterocycles. The van der Waals surface area contributed by atoms with E-state index in [0.29, 0.717) is 37.7 Å². The molecule has 118 valence electrons. The van der Waals surface area contributed by atoms with Crippen LogP contribution in [0.5, 0.6) is 5.75 Å². The lowest BCUT2D eigenvalue weighted by Gasteiger charge is -2.26. The average molecular weight is 315 g/mol. The third kappa shape index (κ3) is 4.31. The van der Waals surface area contributed by atoms with Crippen molar-refractivity contribution in [2.24, 2.45) is 0 Å². The SMILES string of the molecule is COc1cc(S(=O)(=O)NCCN2CCOCC2)ccc1N. The van der Waals surface area contributed by atoms with Gasteiger partial charge in [0.05, 0.1) is 30.9 Å². The molecule has 1 aliphatic rings. The van der Waals surface area contributed by atoms with Gasteiger partial charge in [-0.3, -0.25) is 4.90 Å². The second kappa shape index (κ2) is 7.08. The van der Waals surface area contributed by atoms with Crippen LogP contribution in [0.3, 0.4) is 0 Å². The molecule has 0 unspecified atom stereocenters. The number of benzene rings is 1. The van der Waals surface area contributed by atoms with Crippen LogP contribution in [0.2, 0.25) is 0 Å². The zero-order valence-electron chi connectivity index (χ0n) is 12.0. The Balaban J connectivity index is 1.94. The van der Waals surface area contributed by atoms with Crippen LogP contribution in [0.1, 0.15) is 0 Å². The van der Waals surface area contributed by atoms with E-state index < -0.39 is 10.0 Å². The van der Waals surface area contributed by atoms with Gasteiger partial charge in [0.2, 0.25) is 10.0 Å². The van der Waals surface area contributed by atoms with E-state index >= 15 is 0 Å². The summed E-state index contributed by atoms with van der Waals surface area (Å²) >= 11 is 0. The Kier molecular flexibility index (Phi) is 5.40. The summed E-state index contributed by atoms with van der Waals surface area (Å²) < 4.78 is 37.3. The number of hydrogen-bond donors (Lipinski definition) is 2. The first-order valence-electron chi connectivity index (χ1n) is 6.76. The van der Waals surface area contributed by atoms with Gasteiger partial charge in [0.15, 0.2) is 0 Å². The van der Waals surface area contributed by atoms with Crippen LogP contribution in [0.15, 0.2) is 23.1 Å². The first-order chi connectivity index (χ1) is 10.0. The number of sulfonamides is 1. The van der Waals surface area contributed by atoms with Gasteiger partial charge >= 0.3 is 0 Å². The number of nitrogens with one attached hydrogen (secondary N) is 1. The maximum atomic E-state index is 12.2. The molecule has 1 aliphatic heterocycles. The van der Waals surface area contributed by atoms with Crippen LogP contribution >= 0.6 is 0 Å². The predicted molar refractivity (Wildman–Crippen MR) is 79.9 cm³/mol. The molecule has 0 bridgehead atoms. The molecule has 0 radical (unpaired) electrons. The largest absolute Gasteiger partial charge is 0.495 e. The van der Waals surface area contributed by atoms with Gasteiger partial charge in [-0.25, -0.2) is 13.1 Å². The fourth-order valence-corrected chi connectivity index (χ4v) is 3.14. The molecule has 0 aliphatic carbocycles. The Morgan fingerprint density at radius 3 is 2.76 bits per heavy atom. The molecule has 0 amide bonds. The van der Waals surface area contributed by atoms with Gasteiger partial charge in [0.1, 0.15) is 5.75 Å². The van der Waals surface area contributed by atoms with Crippen molar-refractivity contribution in [2.75, 3.05) is 52.2 Å². The molecule has 7 nitrogen and oxygen atoms in total. The highest BCUT2D eigenvalue weighted by Gasteiger charge is 2.17. The first-order valence-corrected chi connectivity index (χ1v) is 8.24. The summed E-state index contributed by atoms with van der Waals surface area (Å²) in [6.07, 6.45) is 0. The Morgan fingerprint density at radius 1 is 1.38 bits per heavy atom. The topological polar surface area (TPSA) is 93.9 Å². The number of ether oxygens (including phenoxy) is 2. The summed E-state index contributed by atoms with van der Waals surface area (Å²) in [5, 5.41) is 0. The van der Waals surface area contributed by atoms with Crippen LogP contribution in [0, 0.1) is 0 Å². The molecule has 1 aromatic carbocycles. The quantitative estimate of drug-likeness (QED) is 0.711. The van der Waals surface area contributed by atoms with Crippen molar-refractivity contribution < 1.29 is 17.9 Å². The Hall–Kier alpha value is -1.35. The van der Waals surface area contributed by atoms with Crippen molar-refractivity contribution in [3.05, 3.63) is 18.2 Å². The third-order valence-electron chi connectivity index (χ3n) is 3.34. The summed E-state index contributed by atoms with van der Waals surface area (Å²) in [5.74, 6) is 0.353. The number of nitrogens with two attached hydrogens (primary N) is 1. The Labute approximate surface area is 125 Å². The minimum absolute atomic E-state index is 0.149. The van der Waals surface area contributed by atoms with Crippen LogP contribution < -0.4 is 15.2 Å². The number of nitrogen functional groups attached to an aromatic ring is 1. The number of methoxy groups -OCH3 is 1. The third-order valence-corrected chi connectivity index (χ3v) is 4.80. The summed E-state index contributed by atoms with van der Waals surface area (Å²) in [6.45, 7) is 4.07.